The molecule has 0 spiro atoms. The van der Waals surface area contributed by atoms with Crippen LogP contribution in [0.25, 0.3) is 0 Å². The predicted octanol–water partition coefficient (Wildman–Crippen LogP) is 3.64. The first kappa shape index (κ1) is 17.1. The van der Waals surface area contributed by atoms with Crippen LogP contribution in [0.5, 0.6) is 0 Å². The average molecular weight is 317 g/mol. The van der Waals surface area contributed by atoms with Gasteiger partial charge >= 0.3 is 12.1 Å². The van der Waals surface area contributed by atoms with E-state index in [0.717, 1.165) is 5.56 Å². The van der Waals surface area contributed by atoms with Crippen molar-refractivity contribution in [1.29, 1.82) is 0 Å². The van der Waals surface area contributed by atoms with Gasteiger partial charge in [-0.05, 0) is 39.2 Å². The number of hydrogen-bond acceptors (Lipinski definition) is 4. The number of methoxy groups -OCH3 is 1. The lowest BCUT2D eigenvalue weighted by atomic mass is 9.93. The van der Waals surface area contributed by atoms with Crippen LogP contribution in [0.15, 0.2) is 41.6 Å². The van der Waals surface area contributed by atoms with Crippen molar-refractivity contribution in [1.82, 2.24) is 4.90 Å². The number of benzene rings is 1. The van der Waals surface area contributed by atoms with Crippen molar-refractivity contribution in [2.75, 3.05) is 7.11 Å². The lowest BCUT2D eigenvalue weighted by molar-refractivity contribution is -0.136. The zero-order valence-electron chi connectivity index (χ0n) is 14.1. The Morgan fingerprint density at radius 2 is 1.78 bits per heavy atom. The standard InChI is InChI=1S/C18H23NO4/c1-18(2,3)23-17(21)19(12-13-8-6-5-7-9-13)15-11-10-14(15)16(20)22-4/h5-9H,10-12H2,1-4H3. The van der Waals surface area contributed by atoms with Crippen molar-refractivity contribution < 1.29 is 19.1 Å². The van der Waals surface area contributed by atoms with Crippen LogP contribution in [-0.4, -0.2) is 29.7 Å². The largest absolute Gasteiger partial charge is 0.466 e. The molecule has 0 saturated carbocycles. The second-order valence-corrected chi connectivity index (χ2v) is 6.47. The number of hydrogen-bond donors (Lipinski definition) is 0. The van der Waals surface area contributed by atoms with E-state index in [-0.39, 0.29) is 5.97 Å². The van der Waals surface area contributed by atoms with Gasteiger partial charge in [-0.25, -0.2) is 9.59 Å². The van der Waals surface area contributed by atoms with Gasteiger partial charge in [0, 0.05) is 5.70 Å². The first-order valence-electron chi connectivity index (χ1n) is 7.66. The van der Waals surface area contributed by atoms with Crippen LogP contribution in [0.3, 0.4) is 0 Å². The summed E-state index contributed by atoms with van der Waals surface area (Å²) in [4.78, 5) is 25.9. The molecule has 1 aliphatic carbocycles. The summed E-state index contributed by atoms with van der Waals surface area (Å²) in [6.07, 6.45) is 0.838. The zero-order chi connectivity index (χ0) is 17.0. The van der Waals surface area contributed by atoms with Gasteiger partial charge in [0.15, 0.2) is 0 Å². The van der Waals surface area contributed by atoms with Gasteiger partial charge in [0.25, 0.3) is 0 Å². The van der Waals surface area contributed by atoms with Crippen LogP contribution in [0.4, 0.5) is 4.79 Å². The summed E-state index contributed by atoms with van der Waals surface area (Å²) < 4.78 is 10.3. The Morgan fingerprint density at radius 3 is 2.26 bits per heavy atom. The highest BCUT2D eigenvalue weighted by Crippen LogP contribution is 2.33. The number of rotatable bonds is 4. The highest BCUT2D eigenvalue weighted by Gasteiger charge is 2.33. The monoisotopic (exact) mass is 317 g/mol. The minimum atomic E-state index is -0.595. The number of allylic oxidation sites excluding steroid dienone is 1. The minimum Gasteiger partial charge on any atom is -0.466 e. The van der Waals surface area contributed by atoms with Crippen LogP contribution in [0.1, 0.15) is 39.2 Å². The highest BCUT2D eigenvalue weighted by molar-refractivity contribution is 5.92. The van der Waals surface area contributed by atoms with E-state index < -0.39 is 11.7 Å². The normalized spacial score (nSPS) is 14.1. The Bertz CT molecular complexity index is 614. The minimum absolute atomic E-state index is 0.367. The van der Waals surface area contributed by atoms with E-state index in [9.17, 15) is 9.59 Å². The third kappa shape index (κ3) is 4.34. The molecule has 0 aromatic heterocycles. The Hall–Kier alpha value is -2.30. The molecule has 124 valence electrons. The van der Waals surface area contributed by atoms with Crippen molar-refractivity contribution in [2.24, 2.45) is 0 Å². The summed E-state index contributed by atoms with van der Waals surface area (Å²) >= 11 is 0. The third-order valence-corrected chi connectivity index (χ3v) is 3.52. The molecule has 0 saturated heterocycles. The molecule has 0 N–H and O–H groups in total. The summed E-state index contributed by atoms with van der Waals surface area (Å²) in [5, 5.41) is 0. The van der Waals surface area contributed by atoms with Gasteiger partial charge in [-0.15, -0.1) is 0 Å². The van der Waals surface area contributed by atoms with E-state index in [4.69, 9.17) is 9.47 Å². The molecule has 5 heteroatoms. The van der Waals surface area contributed by atoms with Crippen LogP contribution in [0.2, 0.25) is 0 Å². The van der Waals surface area contributed by atoms with Gasteiger partial charge in [0.1, 0.15) is 5.60 Å². The van der Waals surface area contributed by atoms with Crippen molar-refractivity contribution in [2.45, 2.75) is 45.8 Å². The molecule has 0 radical (unpaired) electrons. The topological polar surface area (TPSA) is 55.8 Å². The smallest absolute Gasteiger partial charge is 0.414 e. The lowest BCUT2D eigenvalue weighted by Crippen LogP contribution is -2.39. The van der Waals surface area contributed by atoms with Crippen LogP contribution < -0.4 is 0 Å². The molecule has 1 aliphatic rings. The molecule has 23 heavy (non-hydrogen) atoms. The molecular formula is C18H23NO4. The maximum absolute atomic E-state index is 12.6. The SMILES string of the molecule is COC(=O)C1=C(N(Cc2ccccc2)C(=O)OC(C)(C)C)CC1. The van der Waals surface area contributed by atoms with E-state index in [2.05, 4.69) is 0 Å². The van der Waals surface area contributed by atoms with E-state index in [0.29, 0.717) is 30.7 Å². The van der Waals surface area contributed by atoms with Crippen molar-refractivity contribution in [3.05, 3.63) is 47.2 Å². The molecule has 0 unspecified atom stereocenters. The van der Waals surface area contributed by atoms with Gasteiger partial charge < -0.3 is 9.47 Å². The second kappa shape index (κ2) is 6.86. The Labute approximate surface area is 136 Å². The molecule has 0 aliphatic heterocycles. The van der Waals surface area contributed by atoms with Gasteiger partial charge in [-0.2, -0.15) is 0 Å². The predicted molar refractivity (Wildman–Crippen MR) is 86.5 cm³/mol. The second-order valence-electron chi connectivity index (χ2n) is 6.47. The molecule has 1 aromatic carbocycles. The highest BCUT2D eigenvalue weighted by atomic mass is 16.6. The molecular weight excluding hydrogens is 294 g/mol. The first-order chi connectivity index (χ1) is 10.8. The van der Waals surface area contributed by atoms with E-state index >= 15 is 0 Å². The van der Waals surface area contributed by atoms with E-state index in [1.54, 1.807) is 0 Å². The summed E-state index contributed by atoms with van der Waals surface area (Å²) in [6.45, 7) is 5.83. The quantitative estimate of drug-likeness (QED) is 0.796. The van der Waals surface area contributed by atoms with Gasteiger partial charge in [0.2, 0.25) is 0 Å². The summed E-state index contributed by atoms with van der Waals surface area (Å²) in [6, 6.07) is 9.63. The fourth-order valence-electron chi connectivity index (χ4n) is 2.36. The van der Waals surface area contributed by atoms with Crippen molar-refractivity contribution >= 4 is 12.1 Å². The lowest BCUT2D eigenvalue weighted by Gasteiger charge is -2.34. The number of amides is 1. The number of carbonyl (C=O) groups excluding carboxylic acids is 2. The van der Waals surface area contributed by atoms with Crippen LogP contribution in [-0.2, 0) is 20.8 Å². The summed E-state index contributed by atoms with van der Waals surface area (Å²) in [5.41, 5.74) is 1.62. The summed E-state index contributed by atoms with van der Waals surface area (Å²) in [5.74, 6) is -0.382. The fraction of sp³-hybridized carbons (Fsp3) is 0.444. The molecule has 0 bridgehead atoms. The van der Waals surface area contributed by atoms with Gasteiger partial charge in [-0.1, -0.05) is 30.3 Å². The van der Waals surface area contributed by atoms with Crippen LogP contribution in [0, 0.1) is 0 Å². The molecule has 0 heterocycles. The molecule has 2 rings (SSSR count). The molecule has 1 aromatic rings. The number of carbonyl (C=O) groups is 2. The molecule has 0 atom stereocenters. The molecule has 1 amide bonds. The van der Waals surface area contributed by atoms with Gasteiger partial charge in [-0.3, -0.25) is 4.90 Å². The summed E-state index contributed by atoms with van der Waals surface area (Å²) in [7, 11) is 1.35. The Balaban J connectivity index is 2.28. The fourth-order valence-corrected chi connectivity index (χ4v) is 2.36. The maximum Gasteiger partial charge on any atom is 0.414 e. The first-order valence-corrected chi connectivity index (χ1v) is 7.66. The average Bonchev–Trinajstić information content (AvgIpc) is 2.44. The molecule has 0 fully saturated rings. The van der Waals surface area contributed by atoms with E-state index in [1.807, 2.05) is 51.1 Å². The maximum atomic E-state index is 12.6. The number of ether oxygens (including phenoxy) is 2. The number of nitrogens with zero attached hydrogens (tertiary/aromatic N) is 1. The Kier molecular flexibility index (Phi) is 5.08. The number of esters is 1. The van der Waals surface area contributed by atoms with Crippen LogP contribution >= 0.6 is 0 Å². The van der Waals surface area contributed by atoms with Gasteiger partial charge in [0.05, 0.1) is 19.2 Å². The van der Waals surface area contributed by atoms with Crippen molar-refractivity contribution in [3.8, 4) is 0 Å². The van der Waals surface area contributed by atoms with Crippen molar-refractivity contribution in [3.63, 3.8) is 0 Å². The Morgan fingerprint density at radius 1 is 1.13 bits per heavy atom. The zero-order valence-corrected chi connectivity index (χ0v) is 14.1. The molecule has 5 nitrogen and oxygen atoms in total. The third-order valence-electron chi connectivity index (χ3n) is 3.52. The van der Waals surface area contributed by atoms with E-state index in [1.165, 1.54) is 12.0 Å².